The Morgan fingerprint density at radius 1 is 0.938 bits per heavy atom. The van der Waals surface area contributed by atoms with Crippen LogP contribution in [0.3, 0.4) is 0 Å². The summed E-state index contributed by atoms with van der Waals surface area (Å²) >= 11 is 0. The highest BCUT2D eigenvalue weighted by molar-refractivity contribution is 5.80. The fourth-order valence-corrected chi connectivity index (χ4v) is 4.48. The van der Waals surface area contributed by atoms with E-state index < -0.39 is 0 Å². The van der Waals surface area contributed by atoms with Gasteiger partial charge in [-0.2, -0.15) is 0 Å². The summed E-state index contributed by atoms with van der Waals surface area (Å²) in [6, 6.07) is 17.1. The predicted molar refractivity (Wildman–Crippen MR) is 129 cm³/mol. The number of carbonyl (C=O) groups excluding carboxylic acids is 1. The maximum absolute atomic E-state index is 12.5. The van der Waals surface area contributed by atoms with Crippen molar-refractivity contribution in [2.24, 2.45) is 4.99 Å². The van der Waals surface area contributed by atoms with E-state index >= 15 is 0 Å². The van der Waals surface area contributed by atoms with Gasteiger partial charge in [-0.25, -0.2) is 0 Å². The average molecular weight is 434 g/mol. The number of guanidine groups is 1. The first-order valence-electron chi connectivity index (χ1n) is 11.8. The van der Waals surface area contributed by atoms with Crippen LogP contribution in [0.5, 0.6) is 0 Å². The van der Waals surface area contributed by atoms with E-state index in [1.807, 2.05) is 17.0 Å². The Kier molecular flexibility index (Phi) is 7.77. The first kappa shape index (κ1) is 22.3. The zero-order valence-electron chi connectivity index (χ0n) is 19.1. The van der Waals surface area contributed by atoms with Crippen LogP contribution in [0.25, 0.3) is 0 Å². The van der Waals surface area contributed by atoms with Gasteiger partial charge in [-0.1, -0.05) is 48.5 Å². The first-order chi connectivity index (χ1) is 15.7. The number of aliphatic imine (C=N–C) groups is 1. The van der Waals surface area contributed by atoms with E-state index in [1.54, 1.807) is 7.05 Å². The minimum atomic E-state index is 0.222. The van der Waals surface area contributed by atoms with Gasteiger partial charge in [-0.15, -0.1) is 0 Å². The molecule has 1 amide bonds. The van der Waals surface area contributed by atoms with E-state index in [0.29, 0.717) is 6.42 Å². The monoisotopic (exact) mass is 433 g/mol. The van der Waals surface area contributed by atoms with Crippen LogP contribution in [0.15, 0.2) is 53.5 Å². The van der Waals surface area contributed by atoms with Gasteiger partial charge in [0.1, 0.15) is 0 Å². The highest BCUT2D eigenvalue weighted by Gasteiger charge is 2.22. The third kappa shape index (κ3) is 6.10. The molecule has 6 nitrogen and oxygen atoms in total. The molecule has 4 rings (SSSR count). The Morgan fingerprint density at radius 2 is 1.59 bits per heavy atom. The summed E-state index contributed by atoms with van der Waals surface area (Å²) in [5.41, 5.74) is 5.16. The molecule has 0 unspecified atom stereocenters. The molecule has 0 saturated carbocycles. The number of amides is 1. The lowest BCUT2D eigenvalue weighted by molar-refractivity contribution is -0.131. The lowest BCUT2D eigenvalue weighted by Gasteiger charge is -2.16. The molecule has 0 bridgehead atoms. The van der Waals surface area contributed by atoms with Crippen molar-refractivity contribution in [3.05, 3.63) is 70.8 Å². The molecule has 2 heterocycles. The molecule has 0 aromatic heterocycles. The quantitative estimate of drug-likeness (QED) is 0.381. The van der Waals surface area contributed by atoms with Crippen LogP contribution in [-0.2, 0) is 31.0 Å². The molecule has 0 spiro atoms. The standard InChI is InChI=1S/C26H35N5O/c1-27-26(29-17-21-10-12-22(13-11-21)18-30-15-4-5-16-30)28-14-6-9-25(32)31-19-23-7-2-3-8-24(23)20-31/h2-3,7-8,10-13H,4-6,9,14-20H2,1H3,(H2,27,28,29). The van der Waals surface area contributed by atoms with E-state index in [-0.39, 0.29) is 5.91 Å². The molecular formula is C26H35N5O. The van der Waals surface area contributed by atoms with Crippen molar-refractivity contribution < 1.29 is 4.79 Å². The van der Waals surface area contributed by atoms with Crippen molar-refractivity contribution in [2.45, 2.75) is 51.9 Å². The number of fused-ring (bicyclic) bond motifs is 1. The number of hydrogen-bond donors (Lipinski definition) is 2. The van der Waals surface area contributed by atoms with Crippen molar-refractivity contribution in [1.29, 1.82) is 0 Å². The molecule has 32 heavy (non-hydrogen) atoms. The third-order valence-electron chi connectivity index (χ3n) is 6.36. The molecule has 2 aliphatic heterocycles. The largest absolute Gasteiger partial charge is 0.356 e. The van der Waals surface area contributed by atoms with Gasteiger partial charge >= 0.3 is 0 Å². The number of likely N-dealkylation sites (tertiary alicyclic amines) is 1. The molecule has 2 aliphatic rings. The molecule has 1 fully saturated rings. The number of nitrogens with zero attached hydrogens (tertiary/aromatic N) is 3. The Labute approximate surface area is 191 Å². The number of nitrogens with one attached hydrogen (secondary N) is 2. The second-order valence-corrected chi connectivity index (χ2v) is 8.77. The summed E-state index contributed by atoms with van der Waals surface area (Å²) in [6.07, 6.45) is 4.00. The van der Waals surface area contributed by atoms with Gasteiger partial charge < -0.3 is 15.5 Å². The lowest BCUT2D eigenvalue weighted by atomic mass is 10.1. The van der Waals surface area contributed by atoms with E-state index in [0.717, 1.165) is 45.1 Å². The second-order valence-electron chi connectivity index (χ2n) is 8.77. The number of benzene rings is 2. The summed E-state index contributed by atoms with van der Waals surface area (Å²) in [7, 11) is 1.78. The van der Waals surface area contributed by atoms with Crippen LogP contribution in [-0.4, -0.2) is 48.3 Å². The summed E-state index contributed by atoms with van der Waals surface area (Å²) in [5, 5.41) is 6.69. The van der Waals surface area contributed by atoms with Gasteiger partial charge in [0, 0.05) is 46.2 Å². The van der Waals surface area contributed by atoms with E-state index in [2.05, 4.69) is 56.9 Å². The molecule has 1 saturated heterocycles. The second kappa shape index (κ2) is 11.1. The molecule has 2 aromatic carbocycles. The minimum absolute atomic E-state index is 0.222. The Balaban J connectivity index is 1.13. The van der Waals surface area contributed by atoms with Crippen LogP contribution in [0.2, 0.25) is 0 Å². The number of rotatable bonds is 8. The van der Waals surface area contributed by atoms with Crippen molar-refractivity contribution >= 4 is 11.9 Å². The Morgan fingerprint density at radius 3 is 2.25 bits per heavy atom. The summed E-state index contributed by atoms with van der Waals surface area (Å²) in [5.74, 6) is 0.993. The Hall–Kier alpha value is -2.86. The molecule has 170 valence electrons. The third-order valence-corrected chi connectivity index (χ3v) is 6.36. The van der Waals surface area contributed by atoms with Gasteiger partial charge in [-0.3, -0.25) is 14.7 Å². The van der Waals surface area contributed by atoms with Crippen LogP contribution < -0.4 is 10.6 Å². The zero-order chi connectivity index (χ0) is 22.2. The topological polar surface area (TPSA) is 60.0 Å². The van der Waals surface area contributed by atoms with Gasteiger partial charge in [-0.05, 0) is 54.6 Å². The summed E-state index contributed by atoms with van der Waals surface area (Å²) < 4.78 is 0. The van der Waals surface area contributed by atoms with E-state index in [1.165, 1.54) is 48.2 Å². The zero-order valence-corrected chi connectivity index (χ0v) is 19.1. The predicted octanol–water partition coefficient (Wildman–Crippen LogP) is 3.27. The number of carbonyl (C=O) groups is 1. The molecule has 2 N–H and O–H groups in total. The lowest BCUT2D eigenvalue weighted by Crippen LogP contribution is -2.37. The molecule has 0 radical (unpaired) electrons. The normalized spacial score (nSPS) is 16.3. The van der Waals surface area contributed by atoms with Crippen molar-refractivity contribution in [1.82, 2.24) is 20.4 Å². The van der Waals surface area contributed by atoms with Crippen LogP contribution >= 0.6 is 0 Å². The molecule has 0 aliphatic carbocycles. The maximum Gasteiger partial charge on any atom is 0.223 e. The molecular weight excluding hydrogens is 398 g/mol. The van der Waals surface area contributed by atoms with E-state index in [9.17, 15) is 4.79 Å². The summed E-state index contributed by atoms with van der Waals surface area (Å²) in [6.45, 7) is 6.44. The van der Waals surface area contributed by atoms with Crippen molar-refractivity contribution in [3.8, 4) is 0 Å². The fraction of sp³-hybridized carbons (Fsp3) is 0.462. The van der Waals surface area contributed by atoms with Crippen LogP contribution in [0, 0.1) is 0 Å². The van der Waals surface area contributed by atoms with Gasteiger partial charge in [0.25, 0.3) is 0 Å². The van der Waals surface area contributed by atoms with Gasteiger partial charge in [0.15, 0.2) is 5.96 Å². The first-order valence-corrected chi connectivity index (χ1v) is 11.8. The molecule has 6 heteroatoms. The molecule has 2 aromatic rings. The van der Waals surface area contributed by atoms with E-state index in [4.69, 9.17) is 0 Å². The fourth-order valence-electron chi connectivity index (χ4n) is 4.48. The van der Waals surface area contributed by atoms with Gasteiger partial charge in [0.2, 0.25) is 5.91 Å². The SMILES string of the molecule is CN=C(NCCCC(=O)N1Cc2ccccc2C1)NCc1ccc(CN2CCCC2)cc1. The maximum atomic E-state index is 12.5. The number of hydrogen-bond acceptors (Lipinski definition) is 3. The van der Waals surface area contributed by atoms with Gasteiger partial charge in [0.05, 0.1) is 0 Å². The smallest absolute Gasteiger partial charge is 0.223 e. The molecule has 0 atom stereocenters. The Bertz CT molecular complexity index is 893. The average Bonchev–Trinajstić information content (AvgIpc) is 3.49. The minimum Gasteiger partial charge on any atom is -0.356 e. The summed E-state index contributed by atoms with van der Waals surface area (Å²) in [4.78, 5) is 21.3. The van der Waals surface area contributed by atoms with Crippen LogP contribution in [0.1, 0.15) is 47.9 Å². The van der Waals surface area contributed by atoms with Crippen molar-refractivity contribution in [2.75, 3.05) is 26.7 Å². The van der Waals surface area contributed by atoms with Crippen LogP contribution in [0.4, 0.5) is 0 Å². The highest BCUT2D eigenvalue weighted by atomic mass is 16.2. The highest BCUT2D eigenvalue weighted by Crippen LogP contribution is 2.22. The van der Waals surface area contributed by atoms with Crippen molar-refractivity contribution in [3.63, 3.8) is 0 Å².